The normalized spacial score (nSPS) is 17.0. The number of hydrogen-bond donors (Lipinski definition) is 0. The van der Waals surface area contributed by atoms with E-state index in [2.05, 4.69) is 89.9 Å². The molecule has 1 heterocycles. The summed E-state index contributed by atoms with van der Waals surface area (Å²) in [6, 6.07) is 34.3. The molecule has 4 aromatic carbocycles. The first-order chi connectivity index (χ1) is 14.8. The molecule has 30 heavy (non-hydrogen) atoms. The van der Waals surface area contributed by atoms with E-state index in [4.69, 9.17) is 11.6 Å². The SMILES string of the molecule is Clc1cccc2c1-c1cc3ccccc3cc1C2(c1ccccc1)c1cccnc1. The van der Waals surface area contributed by atoms with Gasteiger partial charge in [0.05, 0.1) is 5.41 Å². The summed E-state index contributed by atoms with van der Waals surface area (Å²) in [5.74, 6) is 0. The maximum Gasteiger partial charge on any atom is 0.0729 e. The van der Waals surface area contributed by atoms with E-state index in [9.17, 15) is 0 Å². The molecule has 1 unspecified atom stereocenters. The van der Waals surface area contributed by atoms with Gasteiger partial charge in [-0.1, -0.05) is 84.4 Å². The summed E-state index contributed by atoms with van der Waals surface area (Å²) < 4.78 is 0. The van der Waals surface area contributed by atoms with Crippen LogP contribution < -0.4 is 0 Å². The lowest BCUT2D eigenvalue weighted by molar-refractivity contribution is 0.764. The van der Waals surface area contributed by atoms with E-state index >= 15 is 0 Å². The highest BCUT2D eigenvalue weighted by Crippen LogP contribution is 2.58. The summed E-state index contributed by atoms with van der Waals surface area (Å²) in [7, 11) is 0. The van der Waals surface area contributed by atoms with Crippen LogP contribution in [-0.2, 0) is 5.41 Å². The van der Waals surface area contributed by atoms with Crippen molar-refractivity contribution in [2.45, 2.75) is 5.41 Å². The van der Waals surface area contributed by atoms with Crippen LogP contribution in [0.4, 0.5) is 0 Å². The molecule has 1 aromatic heterocycles. The largest absolute Gasteiger partial charge is 0.264 e. The van der Waals surface area contributed by atoms with Gasteiger partial charge in [-0.15, -0.1) is 0 Å². The van der Waals surface area contributed by atoms with E-state index in [1.807, 2.05) is 24.5 Å². The first-order valence-corrected chi connectivity index (χ1v) is 10.5. The Hall–Kier alpha value is -3.42. The number of aromatic nitrogens is 1. The fourth-order valence-corrected chi connectivity index (χ4v) is 5.35. The van der Waals surface area contributed by atoms with Crippen LogP contribution >= 0.6 is 11.6 Å². The van der Waals surface area contributed by atoms with Gasteiger partial charge in [0, 0.05) is 23.0 Å². The Morgan fingerprint density at radius 3 is 2.13 bits per heavy atom. The number of rotatable bonds is 2. The summed E-state index contributed by atoms with van der Waals surface area (Å²) in [4.78, 5) is 4.50. The lowest BCUT2D eigenvalue weighted by atomic mass is 9.68. The number of pyridine rings is 1. The van der Waals surface area contributed by atoms with Crippen LogP contribution in [0.15, 0.2) is 109 Å². The van der Waals surface area contributed by atoms with Crippen molar-refractivity contribution in [3.8, 4) is 11.1 Å². The minimum absolute atomic E-state index is 0.463. The minimum Gasteiger partial charge on any atom is -0.264 e. The van der Waals surface area contributed by atoms with Crippen molar-refractivity contribution in [3.63, 3.8) is 0 Å². The molecule has 142 valence electrons. The highest BCUT2D eigenvalue weighted by molar-refractivity contribution is 6.34. The highest BCUT2D eigenvalue weighted by atomic mass is 35.5. The molecule has 6 rings (SSSR count). The summed E-state index contributed by atoms with van der Waals surface area (Å²) in [5.41, 5.74) is 6.68. The van der Waals surface area contributed by atoms with Gasteiger partial charge >= 0.3 is 0 Å². The zero-order chi connectivity index (χ0) is 20.1. The van der Waals surface area contributed by atoms with E-state index < -0.39 is 5.41 Å². The molecule has 0 bridgehead atoms. The van der Waals surface area contributed by atoms with Crippen molar-refractivity contribution in [3.05, 3.63) is 137 Å². The van der Waals surface area contributed by atoms with Gasteiger partial charge in [-0.25, -0.2) is 0 Å². The predicted octanol–water partition coefficient (Wildman–Crippen LogP) is 7.25. The fourth-order valence-electron chi connectivity index (χ4n) is 5.07. The molecule has 1 atom stereocenters. The molecule has 0 saturated carbocycles. The first kappa shape index (κ1) is 17.4. The molecule has 0 spiro atoms. The Morgan fingerprint density at radius 2 is 1.37 bits per heavy atom. The lowest BCUT2D eigenvalue weighted by Gasteiger charge is -2.33. The van der Waals surface area contributed by atoms with Crippen molar-refractivity contribution in [1.29, 1.82) is 0 Å². The number of fused-ring (bicyclic) bond motifs is 4. The summed E-state index contributed by atoms with van der Waals surface area (Å²) in [6.45, 7) is 0. The predicted molar refractivity (Wildman–Crippen MR) is 124 cm³/mol. The smallest absolute Gasteiger partial charge is 0.0729 e. The maximum atomic E-state index is 6.84. The average molecular weight is 404 g/mol. The topological polar surface area (TPSA) is 12.9 Å². The molecule has 0 fully saturated rings. The highest BCUT2D eigenvalue weighted by Gasteiger charge is 2.47. The van der Waals surface area contributed by atoms with Crippen molar-refractivity contribution in [2.75, 3.05) is 0 Å². The quantitative estimate of drug-likeness (QED) is 0.296. The summed E-state index contributed by atoms with van der Waals surface area (Å²) >= 11 is 6.84. The third-order valence-electron chi connectivity index (χ3n) is 6.28. The molecule has 0 N–H and O–H groups in total. The fraction of sp³-hybridized carbons (Fsp3) is 0.0357. The number of benzene rings is 4. The molecular weight excluding hydrogens is 386 g/mol. The Bertz CT molecular complexity index is 1350. The van der Waals surface area contributed by atoms with Crippen molar-refractivity contribution >= 4 is 22.4 Å². The monoisotopic (exact) mass is 403 g/mol. The summed E-state index contributed by atoms with van der Waals surface area (Å²) in [6.07, 6.45) is 3.82. The van der Waals surface area contributed by atoms with Crippen LogP contribution in [-0.4, -0.2) is 4.98 Å². The van der Waals surface area contributed by atoms with Gasteiger partial charge < -0.3 is 0 Å². The Balaban J connectivity index is 1.85. The molecule has 1 aliphatic carbocycles. The van der Waals surface area contributed by atoms with Crippen LogP contribution in [0.5, 0.6) is 0 Å². The van der Waals surface area contributed by atoms with Crippen LogP contribution in [0.1, 0.15) is 22.3 Å². The van der Waals surface area contributed by atoms with Crippen LogP contribution in [0.2, 0.25) is 5.02 Å². The van der Waals surface area contributed by atoms with E-state index in [1.165, 1.54) is 33.0 Å². The number of halogens is 1. The second-order valence-corrected chi connectivity index (χ2v) is 8.17. The van der Waals surface area contributed by atoms with Gasteiger partial charge in [-0.2, -0.15) is 0 Å². The zero-order valence-corrected chi connectivity index (χ0v) is 17.0. The molecule has 5 aromatic rings. The van der Waals surface area contributed by atoms with Gasteiger partial charge in [-0.3, -0.25) is 4.98 Å². The van der Waals surface area contributed by atoms with Crippen LogP contribution in [0, 0.1) is 0 Å². The van der Waals surface area contributed by atoms with Gasteiger partial charge in [0.1, 0.15) is 0 Å². The molecular formula is C28H18ClN. The lowest BCUT2D eigenvalue weighted by Crippen LogP contribution is -2.28. The van der Waals surface area contributed by atoms with Crippen molar-refractivity contribution < 1.29 is 0 Å². The van der Waals surface area contributed by atoms with E-state index in [-0.39, 0.29) is 0 Å². The standard InChI is InChI=1S/C28H18ClN/c29-26-14-6-13-24-27(26)23-16-19-8-4-5-9-20(19)17-25(23)28(24,21-10-2-1-3-11-21)22-12-7-15-30-18-22/h1-18H. The third-order valence-corrected chi connectivity index (χ3v) is 6.59. The molecule has 2 heteroatoms. The van der Waals surface area contributed by atoms with Gasteiger partial charge in [-0.05, 0) is 62.9 Å². The molecule has 1 aliphatic rings. The Labute approximate surface area is 180 Å². The first-order valence-electron chi connectivity index (χ1n) is 10.1. The van der Waals surface area contributed by atoms with Crippen LogP contribution in [0.25, 0.3) is 21.9 Å². The molecule has 0 saturated heterocycles. The average Bonchev–Trinajstić information content (AvgIpc) is 3.10. The second kappa shape index (κ2) is 6.55. The van der Waals surface area contributed by atoms with Gasteiger partial charge in [0.25, 0.3) is 0 Å². The Morgan fingerprint density at radius 1 is 0.633 bits per heavy atom. The molecule has 1 nitrogen and oxygen atoms in total. The minimum atomic E-state index is -0.463. The number of nitrogens with zero attached hydrogens (tertiary/aromatic N) is 1. The van der Waals surface area contributed by atoms with Crippen molar-refractivity contribution in [1.82, 2.24) is 4.98 Å². The van der Waals surface area contributed by atoms with Gasteiger partial charge in [0.2, 0.25) is 0 Å². The molecule has 0 radical (unpaired) electrons. The Kier molecular flexibility index (Phi) is 3.81. The zero-order valence-electron chi connectivity index (χ0n) is 16.2. The van der Waals surface area contributed by atoms with Crippen LogP contribution in [0.3, 0.4) is 0 Å². The van der Waals surface area contributed by atoms with Gasteiger partial charge in [0.15, 0.2) is 0 Å². The van der Waals surface area contributed by atoms with E-state index in [0.29, 0.717) is 0 Å². The molecule has 0 amide bonds. The van der Waals surface area contributed by atoms with E-state index in [1.54, 1.807) is 0 Å². The van der Waals surface area contributed by atoms with Crippen molar-refractivity contribution in [2.24, 2.45) is 0 Å². The number of hydrogen-bond acceptors (Lipinski definition) is 1. The maximum absolute atomic E-state index is 6.84. The second-order valence-electron chi connectivity index (χ2n) is 7.77. The third kappa shape index (κ3) is 2.27. The summed E-state index contributed by atoms with van der Waals surface area (Å²) in [5, 5.41) is 3.23. The van der Waals surface area contributed by atoms with E-state index in [0.717, 1.165) is 16.1 Å². The molecule has 0 aliphatic heterocycles.